The summed E-state index contributed by atoms with van der Waals surface area (Å²) in [6, 6.07) is 6.76. The van der Waals surface area contributed by atoms with Gasteiger partial charge in [-0.15, -0.1) is 0 Å². The number of sulfonamides is 1. The molecule has 6 nitrogen and oxygen atoms in total. The molecule has 3 rings (SSSR count). The first-order valence-corrected chi connectivity index (χ1v) is 9.17. The van der Waals surface area contributed by atoms with Crippen molar-refractivity contribution in [3.8, 4) is 0 Å². The number of carbonyl (C=O) groups excluding carboxylic acids is 1. The van der Waals surface area contributed by atoms with E-state index in [-0.39, 0.29) is 17.8 Å². The molecule has 1 N–H and O–H groups in total. The molecular weight excluding hydrogens is 304 g/mol. The summed E-state index contributed by atoms with van der Waals surface area (Å²) < 4.78 is 30.8. The Balaban J connectivity index is 1.69. The van der Waals surface area contributed by atoms with Crippen LogP contribution in [0.2, 0.25) is 0 Å². The normalized spacial score (nSPS) is 23.6. The summed E-state index contributed by atoms with van der Waals surface area (Å²) >= 11 is 0. The molecule has 0 saturated carbocycles. The van der Waals surface area contributed by atoms with Crippen LogP contribution < -0.4 is 9.62 Å². The molecule has 0 spiro atoms. The van der Waals surface area contributed by atoms with Gasteiger partial charge in [0.1, 0.15) is 0 Å². The van der Waals surface area contributed by atoms with Gasteiger partial charge in [-0.3, -0.25) is 9.10 Å². The molecule has 7 heteroatoms. The Hall–Kier alpha value is -1.60. The quantitative estimate of drug-likeness (QED) is 0.901. The van der Waals surface area contributed by atoms with Crippen LogP contribution in [0.1, 0.15) is 29.6 Å². The fourth-order valence-electron chi connectivity index (χ4n) is 2.85. The maximum Gasteiger partial charge on any atom is 0.251 e. The van der Waals surface area contributed by atoms with Crippen LogP contribution in [0.15, 0.2) is 24.3 Å². The smallest absolute Gasteiger partial charge is 0.251 e. The number of rotatable bonds is 4. The summed E-state index contributed by atoms with van der Waals surface area (Å²) in [5.41, 5.74) is 1.03. The van der Waals surface area contributed by atoms with E-state index in [1.165, 1.54) is 4.31 Å². The summed E-state index contributed by atoms with van der Waals surface area (Å²) in [4.78, 5) is 12.2. The third-order valence-corrected chi connectivity index (χ3v) is 5.88. The van der Waals surface area contributed by atoms with Crippen molar-refractivity contribution in [1.29, 1.82) is 0 Å². The van der Waals surface area contributed by atoms with Gasteiger partial charge in [0, 0.05) is 25.3 Å². The maximum atomic E-state index is 12.2. The van der Waals surface area contributed by atoms with Crippen LogP contribution in [-0.2, 0) is 14.8 Å². The fourth-order valence-corrected chi connectivity index (χ4v) is 4.40. The molecule has 1 aromatic rings. The first kappa shape index (κ1) is 15.3. The lowest BCUT2D eigenvalue weighted by Gasteiger charge is -2.17. The van der Waals surface area contributed by atoms with E-state index in [1.54, 1.807) is 24.3 Å². The molecule has 2 aliphatic rings. The van der Waals surface area contributed by atoms with Crippen LogP contribution >= 0.6 is 0 Å². The molecule has 120 valence electrons. The molecule has 0 aromatic heterocycles. The van der Waals surface area contributed by atoms with E-state index >= 15 is 0 Å². The zero-order valence-electron chi connectivity index (χ0n) is 12.3. The van der Waals surface area contributed by atoms with Gasteiger partial charge < -0.3 is 10.1 Å². The highest BCUT2D eigenvalue weighted by atomic mass is 32.2. The summed E-state index contributed by atoms with van der Waals surface area (Å²) in [7, 11) is -3.23. The molecule has 1 aromatic carbocycles. The molecule has 1 atom stereocenters. The largest absolute Gasteiger partial charge is 0.376 e. The zero-order valence-corrected chi connectivity index (χ0v) is 13.1. The van der Waals surface area contributed by atoms with Gasteiger partial charge in [-0.2, -0.15) is 0 Å². The second-order valence-corrected chi connectivity index (χ2v) is 7.65. The van der Waals surface area contributed by atoms with E-state index in [0.717, 1.165) is 19.4 Å². The average molecular weight is 324 g/mol. The van der Waals surface area contributed by atoms with Crippen molar-refractivity contribution >= 4 is 21.6 Å². The maximum absolute atomic E-state index is 12.2. The molecule has 22 heavy (non-hydrogen) atoms. The average Bonchev–Trinajstić information content (AvgIpc) is 3.13. The van der Waals surface area contributed by atoms with Crippen molar-refractivity contribution in [3.05, 3.63) is 29.8 Å². The van der Waals surface area contributed by atoms with E-state index in [9.17, 15) is 13.2 Å². The highest BCUT2D eigenvalue weighted by molar-refractivity contribution is 7.93. The fraction of sp³-hybridized carbons (Fsp3) is 0.533. The van der Waals surface area contributed by atoms with Crippen LogP contribution in [0.25, 0.3) is 0 Å². The van der Waals surface area contributed by atoms with Crippen molar-refractivity contribution in [2.24, 2.45) is 0 Å². The third kappa shape index (κ3) is 3.25. The predicted molar refractivity (Wildman–Crippen MR) is 83.5 cm³/mol. The molecule has 2 aliphatic heterocycles. The lowest BCUT2D eigenvalue weighted by Crippen LogP contribution is -2.32. The number of carbonyl (C=O) groups is 1. The Kier molecular flexibility index (Phi) is 4.35. The predicted octanol–water partition coefficient (Wildman–Crippen LogP) is 1.14. The van der Waals surface area contributed by atoms with E-state index in [0.29, 0.717) is 30.8 Å². The van der Waals surface area contributed by atoms with E-state index in [1.807, 2.05) is 0 Å². The van der Waals surface area contributed by atoms with Crippen molar-refractivity contribution in [2.75, 3.05) is 29.8 Å². The summed E-state index contributed by atoms with van der Waals surface area (Å²) in [5, 5.41) is 2.85. The van der Waals surface area contributed by atoms with Crippen molar-refractivity contribution in [2.45, 2.75) is 25.4 Å². The number of anilines is 1. The summed E-state index contributed by atoms with van der Waals surface area (Å²) in [6.45, 7) is 1.72. The molecule has 2 fully saturated rings. The van der Waals surface area contributed by atoms with Crippen molar-refractivity contribution < 1.29 is 17.9 Å². The number of nitrogens with one attached hydrogen (secondary N) is 1. The van der Waals surface area contributed by atoms with Gasteiger partial charge in [-0.1, -0.05) is 6.07 Å². The zero-order chi connectivity index (χ0) is 15.6. The monoisotopic (exact) mass is 324 g/mol. The molecule has 0 radical (unpaired) electrons. The Morgan fingerprint density at radius 2 is 2.23 bits per heavy atom. The third-order valence-electron chi connectivity index (χ3n) is 4.01. The minimum Gasteiger partial charge on any atom is -0.376 e. The van der Waals surface area contributed by atoms with Crippen LogP contribution in [-0.4, -0.2) is 45.9 Å². The summed E-state index contributed by atoms with van der Waals surface area (Å²) in [5.74, 6) is -0.0310. The lowest BCUT2D eigenvalue weighted by molar-refractivity contribution is 0.0858. The van der Waals surface area contributed by atoms with E-state index < -0.39 is 10.0 Å². The topological polar surface area (TPSA) is 75.7 Å². The Morgan fingerprint density at radius 3 is 2.91 bits per heavy atom. The second kappa shape index (κ2) is 6.26. The van der Waals surface area contributed by atoms with Crippen LogP contribution in [0.4, 0.5) is 5.69 Å². The molecule has 0 bridgehead atoms. The van der Waals surface area contributed by atoms with Gasteiger partial charge in [-0.05, 0) is 37.5 Å². The first-order valence-electron chi connectivity index (χ1n) is 7.56. The molecule has 1 amide bonds. The Morgan fingerprint density at radius 1 is 1.36 bits per heavy atom. The Labute approximate surface area is 130 Å². The van der Waals surface area contributed by atoms with Gasteiger partial charge in [0.05, 0.1) is 17.5 Å². The Bertz CT molecular complexity index is 653. The van der Waals surface area contributed by atoms with E-state index in [2.05, 4.69) is 5.32 Å². The van der Waals surface area contributed by atoms with Gasteiger partial charge in [0.15, 0.2) is 0 Å². The van der Waals surface area contributed by atoms with E-state index in [4.69, 9.17) is 4.74 Å². The van der Waals surface area contributed by atoms with Crippen LogP contribution in [0.5, 0.6) is 0 Å². The molecule has 2 saturated heterocycles. The standard InChI is InChI=1S/C15H20N2O4S/c18-15(16-11-14-6-2-8-21-14)12-4-1-5-13(10-12)17-7-3-9-22(17,19)20/h1,4-5,10,14H,2-3,6-9,11H2,(H,16,18)/t14-/m1/s1. The molecular formula is C15H20N2O4S. The highest BCUT2D eigenvalue weighted by Gasteiger charge is 2.28. The SMILES string of the molecule is O=C(NC[C@H]1CCCO1)c1cccc(N2CCCS2(=O)=O)c1. The van der Waals surface area contributed by atoms with Crippen molar-refractivity contribution in [3.63, 3.8) is 0 Å². The first-order chi connectivity index (χ1) is 10.6. The number of nitrogens with zero attached hydrogens (tertiary/aromatic N) is 1. The number of amides is 1. The van der Waals surface area contributed by atoms with Gasteiger partial charge in [0.25, 0.3) is 5.91 Å². The summed E-state index contributed by atoms with van der Waals surface area (Å²) in [6.07, 6.45) is 2.71. The van der Waals surface area contributed by atoms with Gasteiger partial charge >= 0.3 is 0 Å². The number of benzene rings is 1. The lowest BCUT2D eigenvalue weighted by atomic mass is 10.1. The van der Waals surface area contributed by atoms with Crippen LogP contribution in [0.3, 0.4) is 0 Å². The molecule has 2 heterocycles. The van der Waals surface area contributed by atoms with Crippen LogP contribution in [0, 0.1) is 0 Å². The highest BCUT2D eigenvalue weighted by Crippen LogP contribution is 2.24. The minimum absolute atomic E-state index is 0.0890. The number of hydrogen-bond acceptors (Lipinski definition) is 4. The molecule has 0 aliphatic carbocycles. The molecule has 0 unspecified atom stereocenters. The van der Waals surface area contributed by atoms with Gasteiger partial charge in [-0.25, -0.2) is 8.42 Å². The second-order valence-electron chi connectivity index (χ2n) is 5.64. The number of ether oxygens (including phenoxy) is 1. The number of hydrogen-bond donors (Lipinski definition) is 1. The van der Waals surface area contributed by atoms with Crippen molar-refractivity contribution in [1.82, 2.24) is 5.32 Å². The van der Waals surface area contributed by atoms with Gasteiger partial charge in [0.2, 0.25) is 10.0 Å². The minimum atomic E-state index is -3.23.